The predicted molar refractivity (Wildman–Crippen MR) is 94.4 cm³/mol. The van der Waals surface area contributed by atoms with Gasteiger partial charge in [0.1, 0.15) is 0 Å². The molecule has 132 valence electrons. The smallest absolute Gasteiger partial charge is 0.220 e. The van der Waals surface area contributed by atoms with E-state index in [1.54, 1.807) is 0 Å². The second-order valence-electron chi connectivity index (χ2n) is 8.28. The van der Waals surface area contributed by atoms with E-state index in [1.165, 1.54) is 64.6 Å². The Morgan fingerprint density at radius 2 is 1.96 bits per heavy atom. The zero-order chi connectivity index (χ0) is 16.1. The second kappa shape index (κ2) is 8.48. The van der Waals surface area contributed by atoms with Gasteiger partial charge >= 0.3 is 0 Å². The molecule has 2 N–H and O–H groups in total. The fraction of sp³-hybridized carbons (Fsp3) is 0.947. The molecule has 4 nitrogen and oxygen atoms in total. The summed E-state index contributed by atoms with van der Waals surface area (Å²) in [4.78, 5) is 14.7. The fourth-order valence-corrected chi connectivity index (χ4v) is 4.85. The van der Waals surface area contributed by atoms with Gasteiger partial charge in [-0.3, -0.25) is 4.79 Å². The molecule has 0 aromatic rings. The second-order valence-corrected chi connectivity index (χ2v) is 8.28. The quantitative estimate of drug-likeness (QED) is 0.708. The monoisotopic (exact) mass is 321 g/mol. The number of likely N-dealkylation sites (tertiary alicyclic amines) is 1. The van der Waals surface area contributed by atoms with E-state index in [-0.39, 0.29) is 5.91 Å². The molecule has 3 rings (SSSR count). The standard InChI is InChI=1S/C19H35N3O/c1-15-5-4-10-22(14-15)9-3-2-8-20-19(23)13-16-11-17-6-7-18(12-16)21-17/h15-18,21H,2-14H2,1H3,(H,20,23). The van der Waals surface area contributed by atoms with Crippen molar-refractivity contribution in [2.24, 2.45) is 11.8 Å². The van der Waals surface area contributed by atoms with E-state index in [4.69, 9.17) is 0 Å². The Hall–Kier alpha value is -0.610. The summed E-state index contributed by atoms with van der Waals surface area (Å²) in [7, 11) is 0. The summed E-state index contributed by atoms with van der Waals surface area (Å²) < 4.78 is 0. The Labute approximate surface area is 141 Å². The van der Waals surface area contributed by atoms with Crippen LogP contribution in [0, 0.1) is 11.8 Å². The number of nitrogens with zero attached hydrogens (tertiary/aromatic N) is 1. The number of carbonyl (C=O) groups excluding carboxylic acids is 1. The largest absolute Gasteiger partial charge is 0.356 e. The van der Waals surface area contributed by atoms with Crippen LogP contribution in [-0.4, -0.2) is 49.1 Å². The van der Waals surface area contributed by atoms with Crippen LogP contribution >= 0.6 is 0 Å². The molecular weight excluding hydrogens is 286 g/mol. The van der Waals surface area contributed by atoms with Crippen molar-refractivity contribution < 1.29 is 4.79 Å². The van der Waals surface area contributed by atoms with Gasteiger partial charge in [0.05, 0.1) is 0 Å². The fourth-order valence-electron chi connectivity index (χ4n) is 4.85. The topological polar surface area (TPSA) is 44.4 Å². The summed E-state index contributed by atoms with van der Waals surface area (Å²) in [5.41, 5.74) is 0. The van der Waals surface area contributed by atoms with Crippen LogP contribution < -0.4 is 10.6 Å². The van der Waals surface area contributed by atoms with Gasteiger partial charge in [-0.25, -0.2) is 0 Å². The number of rotatable bonds is 7. The molecule has 0 aliphatic carbocycles. The highest BCUT2D eigenvalue weighted by Gasteiger charge is 2.34. The van der Waals surface area contributed by atoms with Gasteiger partial charge in [0.25, 0.3) is 0 Å². The highest BCUT2D eigenvalue weighted by Crippen LogP contribution is 2.32. The minimum absolute atomic E-state index is 0.280. The number of nitrogens with one attached hydrogen (secondary N) is 2. The zero-order valence-electron chi connectivity index (χ0n) is 14.9. The number of hydrogen-bond donors (Lipinski definition) is 2. The third-order valence-electron chi connectivity index (χ3n) is 6.01. The predicted octanol–water partition coefficient (Wildman–Crippen LogP) is 2.54. The van der Waals surface area contributed by atoms with E-state index in [9.17, 15) is 4.79 Å². The van der Waals surface area contributed by atoms with Crippen LogP contribution in [0.2, 0.25) is 0 Å². The molecule has 0 spiro atoms. The molecule has 0 saturated carbocycles. The van der Waals surface area contributed by atoms with E-state index in [1.807, 2.05) is 0 Å². The summed E-state index contributed by atoms with van der Waals surface area (Å²) in [6, 6.07) is 1.39. The Bertz CT molecular complexity index is 375. The minimum Gasteiger partial charge on any atom is -0.356 e. The maximum absolute atomic E-state index is 12.1. The van der Waals surface area contributed by atoms with Gasteiger partial charge in [0, 0.05) is 31.6 Å². The summed E-state index contributed by atoms with van der Waals surface area (Å²) in [6.45, 7) is 6.97. The molecule has 3 aliphatic heterocycles. The first-order valence-corrected chi connectivity index (χ1v) is 9.94. The molecule has 2 bridgehead atoms. The molecular formula is C19H35N3O. The highest BCUT2D eigenvalue weighted by molar-refractivity contribution is 5.76. The van der Waals surface area contributed by atoms with Gasteiger partial charge in [-0.05, 0) is 76.3 Å². The van der Waals surface area contributed by atoms with E-state index in [2.05, 4.69) is 22.5 Å². The van der Waals surface area contributed by atoms with Gasteiger partial charge in [-0.15, -0.1) is 0 Å². The van der Waals surface area contributed by atoms with Crippen molar-refractivity contribution in [3.8, 4) is 0 Å². The van der Waals surface area contributed by atoms with Gasteiger partial charge in [-0.1, -0.05) is 6.92 Å². The molecule has 0 aromatic carbocycles. The Balaban J connectivity index is 1.22. The molecule has 3 aliphatic rings. The number of amides is 1. The van der Waals surface area contributed by atoms with Crippen molar-refractivity contribution in [3.63, 3.8) is 0 Å². The first-order valence-electron chi connectivity index (χ1n) is 9.94. The Morgan fingerprint density at radius 3 is 2.70 bits per heavy atom. The number of fused-ring (bicyclic) bond motifs is 2. The number of hydrogen-bond acceptors (Lipinski definition) is 3. The first-order chi connectivity index (χ1) is 11.2. The molecule has 3 saturated heterocycles. The highest BCUT2D eigenvalue weighted by atomic mass is 16.1. The lowest BCUT2D eigenvalue weighted by atomic mass is 9.89. The summed E-state index contributed by atoms with van der Waals surface area (Å²) in [5, 5.41) is 6.80. The van der Waals surface area contributed by atoms with Gasteiger partial charge in [0.15, 0.2) is 0 Å². The third kappa shape index (κ3) is 5.46. The van der Waals surface area contributed by atoms with Crippen molar-refractivity contribution in [1.29, 1.82) is 0 Å². The number of piperidine rings is 2. The lowest BCUT2D eigenvalue weighted by Gasteiger charge is -2.30. The normalized spacial score (nSPS) is 34.5. The maximum Gasteiger partial charge on any atom is 0.220 e. The first kappa shape index (κ1) is 17.2. The molecule has 3 fully saturated rings. The molecule has 3 heterocycles. The van der Waals surface area contributed by atoms with Gasteiger partial charge in [0.2, 0.25) is 5.91 Å². The van der Waals surface area contributed by atoms with Crippen LogP contribution in [-0.2, 0) is 4.79 Å². The molecule has 3 unspecified atom stereocenters. The van der Waals surface area contributed by atoms with Crippen molar-refractivity contribution in [2.75, 3.05) is 26.2 Å². The minimum atomic E-state index is 0.280. The molecule has 23 heavy (non-hydrogen) atoms. The van der Waals surface area contributed by atoms with E-state index >= 15 is 0 Å². The maximum atomic E-state index is 12.1. The molecule has 0 aromatic heterocycles. The Kier molecular flexibility index (Phi) is 6.35. The lowest BCUT2D eigenvalue weighted by molar-refractivity contribution is -0.122. The van der Waals surface area contributed by atoms with Crippen LogP contribution in [0.5, 0.6) is 0 Å². The molecule has 1 amide bonds. The van der Waals surface area contributed by atoms with Crippen molar-refractivity contribution in [3.05, 3.63) is 0 Å². The molecule has 3 atom stereocenters. The lowest BCUT2D eigenvalue weighted by Crippen LogP contribution is -2.39. The van der Waals surface area contributed by atoms with E-state index in [0.29, 0.717) is 18.0 Å². The van der Waals surface area contributed by atoms with Gasteiger partial charge in [-0.2, -0.15) is 0 Å². The molecule has 0 radical (unpaired) electrons. The summed E-state index contributed by atoms with van der Waals surface area (Å²) in [6.07, 6.45) is 10.9. The van der Waals surface area contributed by atoms with Crippen LogP contribution in [0.3, 0.4) is 0 Å². The van der Waals surface area contributed by atoms with Crippen LogP contribution in [0.4, 0.5) is 0 Å². The average molecular weight is 322 g/mol. The van der Waals surface area contributed by atoms with E-state index in [0.717, 1.165) is 25.3 Å². The summed E-state index contributed by atoms with van der Waals surface area (Å²) in [5.74, 6) is 1.76. The van der Waals surface area contributed by atoms with Crippen molar-refractivity contribution in [1.82, 2.24) is 15.5 Å². The van der Waals surface area contributed by atoms with Crippen LogP contribution in [0.25, 0.3) is 0 Å². The number of carbonyl (C=O) groups is 1. The third-order valence-corrected chi connectivity index (χ3v) is 6.01. The van der Waals surface area contributed by atoms with E-state index < -0.39 is 0 Å². The van der Waals surface area contributed by atoms with Gasteiger partial charge < -0.3 is 15.5 Å². The zero-order valence-corrected chi connectivity index (χ0v) is 14.9. The Morgan fingerprint density at radius 1 is 1.17 bits per heavy atom. The average Bonchev–Trinajstić information content (AvgIpc) is 2.86. The van der Waals surface area contributed by atoms with Crippen LogP contribution in [0.15, 0.2) is 0 Å². The number of unbranched alkanes of at least 4 members (excludes halogenated alkanes) is 1. The van der Waals surface area contributed by atoms with Crippen molar-refractivity contribution in [2.45, 2.75) is 76.8 Å². The van der Waals surface area contributed by atoms with Crippen LogP contribution in [0.1, 0.15) is 64.7 Å². The molecule has 4 heteroatoms. The summed E-state index contributed by atoms with van der Waals surface area (Å²) >= 11 is 0. The SMILES string of the molecule is CC1CCCN(CCCCNC(=O)CC2CC3CCC(C2)N3)C1. The van der Waals surface area contributed by atoms with Crippen molar-refractivity contribution >= 4 is 5.91 Å².